The van der Waals surface area contributed by atoms with Crippen LogP contribution in [0.1, 0.15) is 34.8 Å². The van der Waals surface area contributed by atoms with E-state index in [9.17, 15) is 31.5 Å². The summed E-state index contributed by atoms with van der Waals surface area (Å²) in [5.41, 5.74) is -0.206. The molecule has 1 atom stereocenters. The molecular formula is C24H28F3N7O4S. The number of nitrogens with zero attached hydrogens (tertiary/aromatic N) is 4. The Balaban J connectivity index is 1.87. The number of pyridine rings is 1. The summed E-state index contributed by atoms with van der Waals surface area (Å²) >= 11 is 0. The van der Waals surface area contributed by atoms with Gasteiger partial charge in [-0.25, -0.2) is 18.4 Å². The van der Waals surface area contributed by atoms with Gasteiger partial charge in [-0.1, -0.05) is 19.1 Å². The van der Waals surface area contributed by atoms with Crippen LogP contribution in [0.4, 0.5) is 36.4 Å². The van der Waals surface area contributed by atoms with Crippen LogP contribution >= 0.6 is 0 Å². The van der Waals surface area contributed by atoms with Gasteiger partial charge in [-0.05, 0) is 30.7 Å². The van der Waals surface area contributed by atoms with Crippen LogP contribution in [0.3, 0.4) is 0 Å². The molecule has 39 heavy (non-hydrogen) atoms. The number of nitrogens with one attached hydrogen (secondary N) is 3. The fraction of sp³-hybridized carbons (Fsp3) is 0.333. The Labute approximate surface area is 223 Å². The summed E-state index contributed by atoms with van der Waals surface area (Å²) in [5.74, 6) is -1.10. The van der Waals surface area contributed by atoms with Crippen molar-refractivity contribution in [1.29, 1.82) is 0 Å². The summed E-state index contributed by atoms with van der Waals surface area (Å²) in [6, 6.07) is 8.81. The topological polar surface area (TPSA) is 149 Å². The highest BCUT2D eigenvalue weighted by atomic mass is 32.2. The fourth-order valence-electron chi connectivity index (χ4n) is 3.38. The van der Waals surface area contributed by atoms with Crippen LogP contribution in [0.2, 0.25) is 0 Å². The molecule has 210 valence electrons. The van der Waals surface area contributed by atoms with E-state index in [1.807, 2.05) is 6.92 Å². The quantitative estimate of drug-likeness (QED) is 0.274. The molecule has 1 aromatic carbocycles. The molecule has 0 aliphatic carbocycles. The minimum absolute atomic E-state index is 0.0510. The molecule has 0 aliphatic rings. The van der Waals surface area contributed by atoms with Crippen LogP contribution in [0.15, 0.2) is 48.8 Å². The van der Waals surface area contributed by atoms with Crippen molar-refractivity contribution in [3.05, 3.63) is 65.5 Å². The van der Waals surface area contributed by atoms with Crippen molar-refractivity contribution in [1.82, 2.24) is 20.3 Å². The summed E-state index contributed by atoms with van der Waals surface area (Å²) in [6.45, 7) is 1.37. The molecule has 3 rings (SSSR count). The lowest BCUT2D eigenvalue weighted by Crippen LogP contribution is -2.36. The molecule has 0 unspecified atom stereocenters. The number of hydrogen-bond acceptors (Lipinski definition) is 9. The van der Waals surface area contributed by atoms with E-state index in [-0.39, 0.29) is 30.5 Å². The van der Waals surface area contributed by atoms with Gasteiger partial charge in [0.2, 0.25) is 16.0 Å². The Morgan fingerprint density at radius 2 is 1.92 bits per heavy atom. The van der Waals surface area contributed by atoms with Gasteiger partial charge in [-0.2, -0.15) is 18.2 Å². The number of amides is 1. The van der Waals surface area contributed by atoms with Crippen LogP contribution < -0.4 is 20.3 Å². The van der Waals surface area contributed by atoms with Crippen LogP contribution in [0.25, 0.3) is 0 Å². The molecule has 0 bridgehead atoms. The smallest absolute Gasteiger partial charge is 0.394 e. The third-order valence-corrected chi connectivity index (χ3v) is 6.80. The van der Waals surface area contributed by atoms with Crippen LogP contribution in [0.5, 0.6) is 0 Å². The van der Waals surface area contributed by atoms with E-state index in [0.717, 1.165) is 10.6 Å². The first-order valence-corrected chi connectivity index (χ1v) is 13.5. The fourth-order valence-corrected chi connectivity index (χ4v) is 3.86. The third kappa shape index (κ3) is 7.77. The van der Waals surface area contributed by atoms with Crippen molar-refractivity contribution in [2.45, 2.75) is 32.1 Å². The number of aliphatic hydroxyl groups is 1. The van der Waals surface area contributed by atoms with Crippen molar-refractivity contribution in [3.8, 4) is 0 Å². The molecule has 0 spiro atoms. The first-order chi connectivity index (χ1) is 18.3. The Kier molecular flexibility index (Phi) is 9.29. The molecule has 4 N–H and O–H groups in total. The summed E-state index contributed by atoms with van der Waals surface area (Å²) in [4.78, 5) is 24.3. The van der Waals surface area contributed by atoms with E-state index in [1.54, 1.807) is 18.2 Å². The van der Waals surface area contributed by atoms with Gasteiger partial charge in [0.05, 0.1) is 18.9 Å². The highest BCUT2D eigenvalue weighted by Crippen LogP contribution is 2.34. The van der Waals surface area contributed by atoms with Gasteiger partial charge >= 0.3 is 6.18 Å². The number of aromatic nitrogens is 3. The summed E-state index contributed by atoms with van der Waals surface area (Å²) < 4.78 is 65.9. The van der Waals surface area contributed by atoms with Gasteiger partial charge in [0, 0.05) is 42.8 Å². The zero-order valence-electron chi connectivity index (χ0n) is 21.3. The highest BCUT2D eigenvalue weighted by Gasteiger charge is 2.35. The number of aliphatic hydroxyl groups excluding tert-OH is 1. The molecular weight excluding hydrogens is 539 g/mol. The minimum Gasteiger partial charge on any atom is -0.394 e. The van der Waals surface area contributed by atoms with Crippen molar-refractivity contribution in [3.63, 3.8) is 0 Å². The number of hydrogen-bond donors (Lipinski definition) is 4. The first-order valence-electron chi connectivity index (χ1n) is 11.7. The predicted octanol–water partition coefficient (Wildman–Crippen LogP) is 3.14. The van der Waals surface area contributed by atoms with Gasteiger partial charge in [0.1, 0.15) is 17.2 Å². The number of alkyl halides is 3. The average Bonchev–Trinajstić information content (AvgIpc) is 2.89. The molecule has 3 aromatic rings. The second kappa shape index (κ2) is 12.3. The Morgan fingerprint density at radius 1 is 1.18 bits per heavy atom. The zero-order chi connectivity index (χ0) is 28.8. The van der Waals surface area contributed by atoms with E-state index in [4.69, 9.17) is 0 Å². The Hall–Kier alpha value is -3.98. The van der Waals surface area contributed by atoms with E-state index in [2.05, 4.69) is 30.9 Å². The van der Waals surface area contributed by atoms with E-state index in [0.29, 0.717) is 23.9 Å². The van der Waals surface area contributed by atoms with Crippen LogP contribution in [0, 0.1) is 0 Å². The maximum atomic E-state index is 13.7. The van der Waals surface area contributed by atoms with Gasteiger partial charge in [-0.3, -0.25) is 9.10 Å². The predicted molar refractivity (Wildman–Crippen MR) is 140 cm³/mol. The Bertz CT molecular complexity index is 1420. The van der Waals surface area contributed by atoms with Gasteiger partial charge in [-0.15, -0.1) is 0 Å². The van der Waals surface area contributed by atoms with Gasteiger partial charge in [0.25, 0.3) is 5.91 Å². The monoisotopic (exact) mass is 567 g/mol. The summed E-state index contributed by atoms with van der Waals surface area (Å²) in [7, 11) is -2.38. The lowest BCUT2D eigenvalue weighted by Gasteiger charge is -2.20. The molecule has 0 saturated carbocycles. The third-order valence-electron chi connectivity index (χ3n) is 5.63. The van der Waals surface area contributed by atoms with Crippen molar-refractivity contribution in [2.24, 2.45) is 0 Å². The minimum atomic E-state index is -4.78. The number of halogens is 3. The maximum Gasteiger partial charge on any atom is 0.421 e. The van der Waals surface area contributed by atoms with Gasteiger partial charge < -0.3 is 21.1 Å². The van der Waals surface area contributed by atoms with Crippen LogP contribution in [-0.2, 0) is 22.7 Å². The standard InChI is InChI=1S/C24H28F3N7O4S/c1-4-17(14-35)31-22(36)15-7-5-9-18(11-15)32-23-30-13-19(24(25,26)27)20(33-23)29-12-16-8-6-10-28-21(16)34(2)39(3,37)38/h5-11,13,17,35H,4,12,14H2,1-3H3,(H,31,36)(H2,29,30,32,33)/t17-/m0/s1. The first kappa shape index (κ1) is 29.6. The van der Waals surface area contributed by atoms with Crippen LogP contribution in [-0.4, -0.2) is 60.3 Å². The molecule has 15 heteroatoms. The molecule has 0 radical (unpaired) electrons. The van der Waals surface area contributed by atoms with Crippen molar-refractivity contribution < 1.29 is 31.5 Å². The summed E-state index contributed by atoms with van der Waals surface area (Å²) in [5, 5.41) is 17.4. The Morgan fingerprint density at radius 3 is 2.56 bits per heavy atom. The zero-order valence-corrected chi connectivity index (χ0v) is 22.1. The second-order valence-corrected chi connectivity index (χ2v) is 10.5. The molecule has 1 amide bonds. The number of carbonyl (C=O) groups is 1. The molecule has 0 aliphatic heterocycles. The molecule has 11 nitrogen and oxygen atoms in total. The lowest BCUT2D eigenvalue weighted by molar-refractivity contribution is -0.137. The highest BCUT2D eigenvalue weighted by molar-refractivity contribution is 7.92. The number of carbonyl (C=O) groups excluding carboxylic acids is 1. The van der Waals surface area contributed by atoms with Crippen molar-refractivity contribution in [2.75, 3.05) is 34.8 Å². The normalized spacial score (nSPS) is 12.5. The number of sulfonamides is 1. The lowest BCUT2D eigenvalue weighted by atomic mass is 10.1. The molecule has 2 aromatic heterocycles. The van der Waals surface area contributed by atoms with E-state index >= 15 is 0 Å². The van der Waals surface area contributed by atoms with E-state index in [1.165, 1.54) is 31.4 Å². The average molecular weight is 568 g/mol. The number of benzene rings is 1. The number of rotatable bonds is 11. The second-order valence-electron chi connectivity index (χ2n) is 8.49. The summed E-state index contributed by atoms with van der Waals surface area (Å²) in [6.07, 6.45) is -1.28. The largest absolute Gasteiger partial charge is 0.421 e. The molecule has 0 saturated heterocycles. The molecule has 0 fully saturated rings. The maximum absolute atomic E-state index is 13.7. The van der Waals surface area contributed by atoms with Crippen molar-refractivity contribution >= 4 is 39.2 Å². The SMILES string of the molecule is CC[C@@H](CO)NC(=O)c1cccc(Nc2ncc(C(F)(F)F)c(NCc3cccnc3N(C)S(C)(=O)=O)n2)c1. The van der Waals surface area contributed by atoms with E-state index < -0.39 is 39.5 Å². The van der Waals surface area contributed by atoms with Gasteiger partial charge in [0.15, 0.2) is 0 Å². The molecule has 2 heterocycles. The number of anilines is 4.